The Bertz CT molecular complexity index is 822. The van der Waals surface area contributed by atoms with Crippen LogP contribution in [-0.4, -0.2) is 53.9 Å². The summed E-state index contributed by atoms with van der Waals surface area (Å²) < 4.78 is 15.8. The predicted octanol–water partition coefficient (Wildman–Crippen LogP) is 3.11. The fourth-order valence-electron chi connectivity index (χ4n) is 3.16. The number of halogens is 1. The van der Waals surface area contributed by atoms with Crippen LogP contribution >= 0.6 is 11.8 Å². The van der Waals surface area contributed by atoms with Gasteiger partial charge in [-0.3, -0.25) is 4.79 Å². The Morgan fingerprint density at radius 2 is 1.92 bits per heavy atom. The third-order valence-electron chi connectivity index (χ3n) is 4.56. The topological polar surface area (TPSA) is 28.5 Å². The van der Waals surface area contributed by atoms with E-state index in [9.17, 15) is 9.18 Å². The van der Waals surface area contributed by atoms with Gasteiger partial charge in [-0.2, -0.15) is 0 Å². The van der Waals surface area contributed by atoms with Crippen molar-refractivity contribution in [3.8, 4) is 0 Å². The molecule has 0 amide bonds. The highest BCUT2D eigenvalue weighted by molar-refractivity contribution is 7.99. The van der Waals surface area contributed by atoms with Crippen LogP contribution in [0.1, 0.15) is 16.1 Å². The van der Waals surface area contributed by atoms with Gasteiger partial charge in [0.15, 0.2) is 6.29 Å². The highest BCUT2D eigenvalue weighted by atomic mass is 32.2. The standard InChI is InChI=1S/C18H18FN3OS/c1-20-6-8-21(9-7-20)16-11-22-14(12-23)3-5-18(22)24-17-4-2-13(19)10-15(16)17/h2-5,10-12H,6-9H2,1H3. The lowest BCUT2D eigenvalue weighted by atomic mass is 10.1. The number of hydrogen-bond donors (Lipinski definition) is 0. The minimum Gasteiger partial charge on any atom is -0.367 e. The SMILES string of the molecule is CN1CCN(C2=Cn3c(C=O)ccc3Sc3ccc(F)cc32)CC1. The molecule has 1 aromatic carbocycles. The summed E-state index contributed by atoms with van der Waals surface area (Å²) in [5.41, 5.74) is 2.48. The molecule has 1 fully saturated rings. The molecule has 6 heteroatoms. The normalized spacial score (nSPS) is 17.8. The number of aldehydes is 1. The number of rotatable bonds is 2. The van der Waals surface area contributed by atoms with Crippen LogP contribution in [0.2, 0.25) is 0 Å². The molecule has 2 aliphatic rings. The van der Waals surface area contributed by atoms with Gasteiger partial charge >= 0.3 is 0 Å². The quantitative estimate of drug-likeness (QED) is 0.784. The van der Waals surface area contributed by atoms with Gasteiger partial charge in [-0.05, 0) is 37.4 Å². The second-order valence-corrected chi connectivity index (χ2v) is 7.19. The Balaban J connectivity index is 1.86. The molecule has 3 heterocycles. The lowest BCUT2D eigenvalue weighted by Crippen LogP contribution is -2.43. The van der Waals surface area contributed by atoms with Crippen LogP contribution in [0.25, 0.3) is 11.9 Å². The molecule has 1 saturated heterocycles. The number of likely N-dealkylation sites (N-methyl/N-ethyl adjacent to an activating group) is 1. The minimum absolute atomic E-state index is 0.239. The lowest BCUT2D eigenvalue weighted by Gasteiger charge is -2.35. The number of carbonyl (C=O) groups excluding carboxylic acids is 1. The van der Waals surface area contributed by atoms with Crippen LogP contribution in [0, 0.1) is 5.82 Å². The Kier molecular flexibility index (Phi) is 3.94. The van der Waals surface area contributed by atoms with E-state index in [4.69, 9.17) is 0 Å². The zero-order chi connectivity index (χ0) is 16.7. The van der Waals surface area contributed by atoms with E-state index in [-0.39, 0.29) is 5.82 Å². The molecule has 0 bridgehead atoms. The molecule has 0 N–H and O–H groups in total. The zero-order valence-corrected chi connectivity index (χ0v) is 14.2. The fourth-order valence-corrected chi connectivity index (χ4v) is 4.18. The fraction of sp³-hybridized carbons (Fsp3) is 0.278. The van der Waals surface area contributed by atoms with E-state index in [1.807, 2.05) is 29.0 Å². The highest BCUT2D eigenvalue weighted by Crippen LogP contribution is 2.40. The Morgan fingerprint density at radius 3 is 2.67 bits per heavy atom. The molecule has 2 aliphatic heterocycles. The first kappa shape index (κ1) is 15.5. The molecule has 2 aromatic rings. The maximum Gasteiger partial charge on any atom is 0.166 e. The van der Waals surface area contributed by atoms with E-state index in [1.165, 1.54) is 6.07 Å². The van der Waals surface area contributed by atoms with Gasteiger partial charge in [0.2, 0.25) is 0 Å². The lowest BCUT2D eigenvalue weighted by molar-refractivity contribution is 0.111. The number of nitrogens with zero attached hydrogens (tertiary/aromatic N) is 3. The average molecular weight is 343 g/mol. The molecule has 24 heavy (non-hydrogen) atoms. The van der Waals surface area contributed by atoms with Crippen molar-refractivity contribution in [2.75, 3.05) is 33.2 Å². The van der Waals surface area contributed by atoms with Crippen LogP contribution in [-0.2, 0) is 0 Å². The van der Waals surface area contributed by atoms with Gasteiger partial charge in [-0.15, -0.1) is 0 Å². The van der Waals surface area contributed by atoms with Crippen molar-refractivity contribution >= 4 is 29.9 Å². The second-order valence-electron chi connectivity index (χ2n) is 6.13. The van der Waals surface area contributed by atoms with Gasteiger partial charge < -0.3 is 14.4 Å². The van der Waals surface area contributed by atoms with Crippen molar-refractivity contribution in [2.24, 2.45) is 0 Å². The van der Waals surface area contributed by atoms with Gasteiger partial charge in [-0.1, -0.05) is 11.8 Å². The van der Waals surface area contributed by atoms with Crippen molar-refractivity contribution in [1.29, 1.82) is 0 Å². The number of benzene rings is 1. The first-order valence-electron chi connectivity index (χ1n) is 7.95. The van der Waals surface area contributed by atoms with Gasteiger partial charge in [0, 0.05) is 42.8 Å². The molecule has 0 radical (unpaired) electrons. The van der Waals surface area contributed by atoms with Crippen molar-refractivity contribution in [1.82, 2.24) is 14.4 Å². The van der Waals surface area contributed by atoms with Crippen LogP contribution in [0.5, 0.6) is 0 Å². The Morgan fingerprint density at radius 1 is 1.12 bits per heavy atom. The summed E-state index contributed by atoms with van der Waals surface area (Å²) in [5, 5.41) is 0.967. The smallest absolute Gasteiger partial charge is 0.166 e. The largest absolute Gasteiger partial charge is 0.367 e. The maximum absolute atomic E-state index is 13.9. The monoisotopic (exact) mass is 343 g/mol. The molecule has 0 unspecified atom stereocenters. The number of piperazine rings is 1. The van der Waals surface area contributed by atoms with E-state index in [0.717, 1.165) is 53.6 Å². The van der Waals surface area contributed by atoms with E-state index in [2.05, 4.69) is 16.8 Å². The number of aromatic nitrogens is 1. The van der Waals surface area contributed by atoms with E-state index in [1.54, 1.807) is 17.8 Å². The number of hydrogen-bond acceptors (Lipinski definition) is 4. The summed E-state index contributed by atoms with van der Waals surface area (Å²) >= 11 is 1.56. The molecule has 0 atom stereocenters. The molecule has 0 aliphatic carbocycles. The second kappa shape index (κ2) is 6.11. The molecule has 4 rings (SSSR count). The predicted molar refractivity (Wildman–Crippen MR) is 93.6 cm³/mol. The van der Waals surface area contributed by atoms with Crippen LogP contribution in [0.15, 0.2) is 40.3 Å². The van der Waals surface area contributed by atoms with Crippen LogP contribution in [0.3, 0.4) is 0 Å². The van der Waals surface area contributed by atoms with Gasteiger partial charge in [0.1, 0.15) is 5.82 Å². The third-order valence-corrected chi connectivity index (χ3v) is 5.68. The molecular weight excluding hydrogens is 325 g/mol. The summed E-state index contributed by atoms with van der Waals surface area (Å²) in [6.45, 7) is 3.70. The van der Waals surface area contributed by atoms with E-state index < -0.39 is 0 Å². The Labute approximate surface area is 144 Å². The van der Waals surface area contributed by atoms with Gasteiger partial charge in [-0.25, -0.2) is 4.39 Å². The van der Waals surface area contributed by atoms with E-state index in [0.29, 0.717) is 5.69 Å². The van der Waals surface area contributed by atoms with Crippen molar-refractivity contribution in [3.05, 3.63) is 47.4 Å². The summed E-state index contributed by atoms with van der Waals surface area (Å²) in [5.74, 6) is -0.239. The number of carbonyl (C=O) groups is 1. The Hall–Kier alpha value is -2.05. The third kappa shape index (κ3) is 2.65. The molecule has 1 aromatic heterocycles. The van der Waals surface area contributed by atoms with Crippen molar-refractivity contribution < 1.29 is 9.18 Å². The van der Waals surface area contributed by atoms with Crippen LogP contribution < -0.4 is 0 Å². The summed E-state index contributed by atoms with van der Waals surface area (Å²) in [6, 6.07) is 8.67. The van der Waals surface area contributed by atoms with E-state index >= 15 is 0 Å². The minimum atomic E-state index is -0.239. The number of fused-ring (bicyclic) bond motifs is 2. The maximum atomic E-state index is 13.9. The molecular formula is C18H18FN3OS. The summed E-state index contributed by atoms with van der Waals surface area (Å²) in [4.78, 5) is 16.9. The van der Waals surface area contributed by atoms with Gasteiger partial charge in [0.25, 0.3) is 0 Å². The zero-order valence-electron chi connectivity index (χ0n) is 13.4. The average Bonchev–Trinajstić information content (AvgIpc) is 2.89. The molecule has 124 valence electrons. The summed E-state index contributed by atoms with van der Waals surface area (Å²) in [7, 11) is 2.11. The highest BCUT2D eigenvalue weighted by Gasteiger charge is 2.24. The first-order valence-corrected chi connectivity index (χ1v) is 8.77. The molecule has 0 saturated carbocycles. The summed E-state index contributed by atoms with van der Waals surface area (Å²) in [6.07, 6.45) is 2.83. The van der Waals surface area contributed by atoms with Gasteiger partial charge in [0.05, 0.1) is 16.4 Å². The first-order chi connectivity index (χ1) is 11.7. The van der Waals surface area contributed by atoms with Crippen molar-refractivity contribution in [3.63, 3.8) is 0 Å². The molecule has 4 nitrogen and oxygen atoms in total. The van der Waals surface area contributed by atoms with Crippen molar-refractivity contribution in [2.45, 2.75) is 9.92 Å². The van der Waals surface area contributed by atoms with Crippen LogP contribution in [0.4, 0.5) is 4.39 Å². The molecule has 0 spiro atoms.